The molecule has 0 aliphatic heterocycles. The molecule has 30 heavy (non-hydrogen) atoms. The zero-order valence-electron chi connectivity index (χ0n) is 15.0. The van der Waals surface area contributed by atoms with Gasteiger partial charge in [0.2, 0.25) is 0 Å². The molecule has 0 saturated carbocycles. The Bertz CT molecular complexity index is 1360. The second kappa shape index (κ2) is 7.79. The van der Waals surface area contributed by atoms with E-state index in [9.17, 15) is 25.9 Å². The SMILES string of the molecule is Nc1ccc(C=C(c2ncncn2)c2ccc(N)cc2S(=O)(=O)O)c(S(=O)(=O)O)c1. The van der Waals surface area contributed by atoms with Gasteiger partial charge in [0.05, 0.1) is 0 Å². The van der Waals surface area contributed by atoms with E-state index in [1.807, 2.05) is 0 Å². The summed E-state index contributed by atoms with van der Waals surface area (Å²) < 4.78 is 66.7. The van der Waals surface area contributed by atoms with Gasteiger partial charge in [-0.15, -0.1) is 0 Å². The van der Waals surface area contributed by atoms with Crippen LogP contribution in [0.5, 0.6) is 0 Å². The lowest BCUT2D eigenvalue weighted by molar-refractivity contribution is 0.480. The van der Waals surface area contributed by atoms with Gasteiger partial charge in [0.15, 0.2) is 5.82 Å². The molecular weight excluding hydrogens is 434 g/mol. The van der Waals surface area contributed by atoms with Crippen molar-refractivity contribution >= 4 is 43.3 Å². The molecule has 0 aliphatic carbocycles. The number of nitrogen functional groups attached to an aromatic ring is 2. The average molecular weight is 449 g/mol. The van der Waals surface area contributed by atoms with E-state index in [0.29, 0.717) is 0 Å². The first-order valence-corrected chi connectivity index (χ1v) is 10.9. The van der Waals surface area contributed by atoms with E-state index >= 15 is 0 Å². The van der Waals surface area contributed by atoms with Gasteiger partial charge in [-0.1, -0.05) is 12.1 Å². The monoisotopic (exact) mass is 449 g/mol. The van der Waals surface area contributed by atoms with Crippen LogP contribution in [-0.4, -0.2) is 40.9 Å². The Morgan fingerprint density at radius 2 is 1.37 bits per heavy atom. The topological polar surface area (TPSA) is 199 Å². The van der Waals surface area contributed by atoms with E-state index in [1.54, 1.807) is 0 Å². The molecule has 1 aromatic heterocycles. The Kier molecular flexibility index (Phi) is 5.54. The van der Waals surface area contributed by atoms with Gasteiger partial charge in [0.1, 0.15) is 22.4 Å². The molecule has 3 rings (SSSR count). The molecule has 11 nitrogen and oxygen atoms in total. The molecule has 0 amide bonds. The van der Waals surface area contributed by atoms with Crippen molar-refractivity contribution in [1.29, 1.82) is 0 Å². The molecule has 0 atom stereocenters. The molecule has 6 N–H and O–H groups in total. The second-order valence-electron chi connectivity index (χ2n) is 6.02. The Morgan fingerprint density at radius 3 is 1.93 bits per heavy atom. The molecule has 1 heterocycles. The first kappa shape index (κ1) is 21.3. The molecule has 0 fully saturated rings. The number of nitrogens with zero attached hydrogens (tertiary/aromatic N) is 3. The van der Waals surface area contributed by atoms with Crippen molar-refractivity contribution in [3.05, 3.63) is 66.0 Å². The molecule has 0 aliphatic rings. The molecule has 0 saturated heterocycles. The van der Waals surface area contributed by atoms with Crippen molar-refractivity contribution in [1.82, 2.24) is 15.0 Å². The number of nitrogens with two attached hydrogens (primary N) is 2. The number of benzene rings is 2. The van der Waals surface area contributed by atoms with E-state index in [-0.39, 0.29) is 33.9 Å². The van der Waals surface area contributed by atoms with E-state index < -0.39 is 30.0 Å². The van der Waals surface area contributed by atoms with E-state index in [2.05, 4.69) is 15.0 Å². The summed E-state index contributed by atoms with van der Waals surface area (Å²) in [6.07, 6.45) is 3.53. The molecule has 0 unspecified atom stereocenters. The van der Waals surface area contributed by atoms with Crippen molar-refractivity contribution in [2.45, 2.75) is 9.79 Å². The van der Waals surface area contributed by atoms with Crippen LogP contribution in [0.3, 0.4) is 0 Å². The Labute approximate surface area is 171 Å². The number of hydrogen-bond acceptors (Lipinski definition) is 9. The first-order valence-electron chi connectivity index (χ1n) is 8.05. The third-order valence-electron chi connectivity index (χ3n) is 3.92. The molecule has 3 aromatic rings. The molecule has 0 spiro atoms. The van der Waals surface area contributed by atoms with Gasteiger partial charge in [-0.3, -0.25) is 9.11 Å². The standard InChI is InChI=1S/C17H15N5O6S2/c18-11-2-1-10(15(6-11)29(23,24)25)5-14(17-21-8-20-9-22-17)13-4-3-12(19)7-16(13)30(26,27)28/h1-9H,18-19H2,(H,23,24,25)(H,26,27,28). The maximum Gasteiger partial charge on any atom is 0.295 e. The van der Waals surface area contributed by atoms with Crippen LogP contribution in [0, 0.1) is 0 Å². The lowest BCUT2D eigenvalue weighted by atomic mass is 10.0. The van der Waals surface area contributed by atoms with Gasteiger partial charge in [-0.2, -0.15) is 16.8 Å². The highest BCUT2D eigenvalue weighted by Crippen LogP contribution is 2.32. The summed E-state index contributed by atoms with van der Waals surface area (Å²) in [6.45, 7) is 0. The zero-order valence-corrected chi connectivity index (χ0v) is 16.7. The number of hydrogen-bond donors (Lipinski definition) is 4. The van der Waals surface area contributed by atoms with E-state index in [1.165, 1.54) is 30.3 Å². The largest absolute Gasteiger partial charge is 0.399 e. The minimum Gasteiger partial charge on any atom is -0.399 e. The third-order valence-corrected chi connectivity index (χ3v) is 5.73. The van der Waals surface area contributed by atoms with Gasteiger partial charge in [0, 0.05) is 22.5 Å². The fourth-order valence-corrected chi connectivity index (χ4v) is 4.12. The average Bonchev–Trinajstić information content (AvgIpc) is 2.66. The van der Waals surface area contributed by atoms with Gasteiger partial charge in [-0.05, 0) is 35.9 Å². The maximum atomic E-state index is 11.9. The van der Waals surface area contributed by atoms with Crippen LogP contribution < -0.4 is 11.5 Å². The molecule has 0 bridgehead atoms. The minimum atomic E-state index is -4.73. The molecule has 156 valence electrons. The van der Waals surface area contributed by atoms with Gasteiger partial charge in [0.25, 0.3) is 20.2 Å². The molecule has 2 aromatic carbocycles. The van der Waals surface area contributed by atoms with Crippen LogP contribution in [-0.2, 0) is 20.2 Å². The predicted molar refractivity (Wildman–Crippen MR) is 108 cm³/mol. The summed E-state index contributed by atoms with van der Waals surface area (Å²) in [7, 11) is -9.40. The van der Waals surface area contributed by atoms with Crippen molar-refractivity contribution < 1.29 is 25.9 Å². The van der Waals surface area contributed by atoms with Crippen LogP contribution >= 0.6 is 0 Å². The van der Waals surface area contributed by atoms with Crippen molar-refractivity contribution in [3.63, 3.8) is 0 Å². The summed E-state index contributed by atoms with van der Waals surface area (Å²) >= 11 is 0. The smallest absolute Gasteiger partial charge is 0.295 e. The highest BCUT2D eigenvalue weighted by atomic mass is 32.2. The van der Waals surface area contributed by atoms with Crippen molar-refractivity contribution in [2.24, 2.45) is 0 Å². The minimum absolute atomic E-state index is 0.0136. The lowest BCUT2D eigenvalue weighted by Crippen LogP contribution is -2.07. The van der Waals surface area contributed by atoms with Gasteiger partial charge >= 0.3 is 0 Å². The van der Waals surface area contributed by atoms with E-state index in [0.717, 1.165) is 24.8 Å². The fourth-order valence-electron chi connectivity index (χ4n) is 2.66. The Balaban J connectivity index is 2.40. The fraction of sp³-hybridized carbons (Fsp3) is 0. The number of rotatable bonds is 5. The van der Waals surface area contributed by atoms with Crippen LogP contribution in [0.25, 0.3) is 11.6 Å². The van der Waals surface area contributed by atoms with E-state index in [4.69, 9.17) is 11.5 Å². The maximum absolute atomic E-state index is 11.9. The van der Waals surface area contributed by atoms with Gasteiger partial charge in [-0.25, -0.2) is 15.0 Å². The Morgan fingerprint density at radius 1 is 0.833 bits per heavy atom. The van der Waals surface area contributed by atoms with Crippen LogP contribution in [0.1, 0.15) is 17.0 Å². The van der Waals surface area contributed by atoms with Crippen LogP contribution in [0.2, 0.25) is 0 Å². The Hall–Kier alpha value is -3.39. The first-order chi connectivity index (χ1) is 14.0. The second-order valence-corrected chi connectivity index (χ2v) is 8.80. The number of anilines is 2. The molecular formula is C17H15N5O6S2. The van der Waals surface area contributed by atoms with Crippen molar-refractivity contribution in [3.8, 4) is 0 Å². The van der Waals surface area contributed by atoms with Crippen LogP contribution in [0.15, 0.2) is 58.8 Å². The quantitative estimate of drug-likeness (QED) is 0.247. The highest BCUT2D eigenvalue weighted by molar-refractivity contribution is 7.86. The highest BCUT2D eigenvalue weighted by Gasteiger charge is 2.22. The summed E-state index contributed by atoms with van der Waals surface area (Å²) in [5, 5.41) is 0. The normalized spacial score (nSPS) is 12.7. The lowest BCUT2D eigenvalue weighted by Gasteiger charge is -2.13. The third kappa shape index (κ3) is 4.60. The van der Waals surface area contributed by atoms with Gasteiger partial charge < -0.3 is 11.5 Å². The predicted octanol–water partition coefficient (Wildman–Crippen LogP) is 1.12. The van der Waals surface area contributed by atoms with Crippen LogP contribution in [0.4, 0.5) is 11.4 Å². The molecule has 13 heteroatoms. The van der Waals surface area contributed by atoms with Crippen molar-refractivity contribution in [2.75, 3.05) is 11.5 Å². The number of aromatic nitrogens is 3. The molecule has 0 radical (unpaired) electrons. The summed E-state index contributed by atoms with van der Waals surface area (Å²) in [6, 6.07) is 7.46. The summed E-state index contributed by atoms with van der Waals surface area (Å²) in [5.74, 6) is -0.0298. The zero-order chi connectivity index (χ0) is 22.1. The summed E-state index contributed by atoms with van der Waals surface area (Å²) in [5.41, 5.74) is 11.3. The summed E-state index contributed by atoms with van der Waals surface area (Å²) in [4.78, 5) is 10.6.